The van der Waals surface area contributed by atoms with Crippen molar-refractivity contribution in [2.45, 2.75) is 46.3 Å². The number of pyridine rings is 1. The Bertz CT molecular complexity index is 1600. The van der Waals surface area contributed by atoms with Gasteiger partial charge in [0.15, 0.2) is 23.0 Å². The molecule has 4 heterocycles. The molecule has 40 heavy (non-hydrogen) atoms. The van der Waals surface area contributed by atoms with Gasteiger partial charge in [-0.15, -0.1) is 0 Å². The van der Waals surface area contributed by atoms with Crippen molar-refractivity contribution in [2.24, 2.45) is 0 Å². The minimum Gasteiger partial charge on any atom is -0.485 e. The topological polar surface area (TPSA) is 120 Å². The standard InChI is InChI=1S/C28H28F2N6O4/c1-15-21(24-6-7-26-34-25(33-17(3)37)13-36(26)35-24)11-22(16(2)32-15)28(38)31-12-18-9-19(29)10-23(30)27(18)40-20-5-4-8-39-14-20/h6-7,9-11,13,20H,4-5,8,12,14H2,1-3H3,(H,31,38)(H,33,37). The molecule has 2 N–H and O–H groups in total. The number of carbonyl (C=O) groups is 2. The Morgan fingerprint density at radius 2 is 1.98 bits per heavy atom. The van der Waals surface area contributed by atoms with E-state index in [-0.39, 0.29) is 35.4 Å². The van der Waals surface area contributed by atoms with Gasteiger partial charge in [0.2, 0.25) is 5.91 Å². The highest BCUT2D eigenvalue weighted by Gasteiger charge is 2.22. The van der Waals surface area contributed by atoms with Crippen LogP contribution in [-0.4, -0.2) is 50.7 Å². The number of benzene rings is 1. The summed E-state index contributed by atoms with van der Waals surface area (Å²) in [5, 5.41) is 9.92. The number of hydrogen-bond donors (Lipinski definition) is 2. The summed E-state index contributed by atoms with van der Waals surface area (Å²) >= 11 is 0. The summed E-state index contributed by atoms with van der Waals surface area (Å²) < 4.78 is 41.5. The number of carbonyl (C=O) groups excluding carboxylic acids is 2. The number of aryl methyl sites for hydroxylation is 2. The molecule has 1 unspecified atom stereocenters. The third-order valence-corrected chi connectivity index (χ3v) is 6.48. The Hall–Kier alpha value is -4.45. The van der Waals surface area contributed by atoms with Crippen LogP contribution in [0, 0.1) is 25.5 Å². The summed E-state index contributed by atoms with van der Waals surface area (Å²) in [5.41, 5.74) is 3.28. The van der Waals surface area contributed by atoms with Crippen molar-refractivity contribution in [2.75, 3.05) is 18.5 Å². The van der Waals surface area contributed by atoms with Crippen LogP contribution in [0.4, 0.5) is 14.6 Å². The average molecular weight is 551 g/mol. The highest BCUT2D eigenvalue weighted by atomic mass is 19.1. The molecule has 1 saturated heterocycles. The van der Waals surface area contributed by atoms with E-state index in [0.29, 0.717) is 53.7 Å². The number of ether oxygens (including phenoxy) is 2. The van der Waals surface area contributed by atoms with E-state index in [1.165, 1.54) is 11.4 Å². The van der Waals surface area contributed by atoms with Gasteiger partial charge in [-0.05, 0) is 51.0 Å². The number of nitrogens with one attached hydrogen (secondary N) is 2. The summed E-state index contributed by atoms with van der Waals surface area (Å²) in [6, 6.07) is 7.07. The lowest BCUT2D eigenvalue weighted by molar-refractivity contribution is -0.114. The first-order chi connectivity index (χ1) is 19.2. The van der Waals surface area contributed by atoms with Gasteiger partial charge < -0.3 is 20.1 Å². The fourth-order valence-electron chi connectivity index (χ4n) is 4.60. The Morgan fingerprint density at radius 1 is 1.15 bits per heavy atom. The van der Waals surface area contributed by atoms with Crippen molar-refractivity contribution in [1.29, 1.82) is 0 Å². The lowest BCUT2D eigenvalue weighted by atomic mass is 10.0. The summed E-state index contributed by atoms with van der Waals surface area (Å²) in [5.74, 6) is -2.07. The SMILES string of the molecule is CC(=O)Nc1cn2nc(-c3cc(C(=O)NCc4cc(F)cc(F)c4OC4CCCOC4)c(C)nc3C)ccc2n1. The van der Waals surface area contributed by atoms with E-state index in [0.717, 1.165) is 18.6 Å². The van der Waals surface area contributed by atoms with Crippen LogP contribution < -0.4 is 15.4 Å². The summed E-state index contributed by atoms with van der Waals surface area (Å²) in [7, 11) is 0. The number of aromatic nitrogens is 4. The number of rotatable bonds is 7. The van der Waals surface area contributed by atoms with Crippen LogP contribution in [0.3, 0.4) is 0 Å². The second kappa shape index (κ2) is 11.3. The van der Waals surface area contributed by atoms with Crippen molar-refractivity contribution in [3.63, 3.8) is 0 Å². The minimum atomic E-state index is -0.840. The largest absolute Gasteiger partial charge is 0.485 e. The van der Waals surface area contributed by atoms with Crippen LogP contribution in [0.5, 0.6) is 5.75 Å². The molecule has 0 spiro atoms. The molecule has 3 aromatic heterocycles. The van der Waals surface area contributed by atoms with E-state index >= 15 is 0 Å². The molecule has 1 atom stereocenters. The number of anilines is 1. The van der Waals surface area contributed by atoms with Gasteiger partial charge in [0.05, 0.1) is 29.8 Å². The zero-order valence-electron chi connectivity index (χ0n) is 22.3. The van der Waals surface area contributed by atoms with E-state index in [9.17, 15) is 18.4 Å². The number of fused-ring (bicyclic) bond motifs is 1. The van der Waals surface area contributed by atoms with Crippen LogP contribution in [0.1, 0.15) is 47.1 Å². The number of amides is 2. The van der Waals surface area contributed by atoms with Gasteiger partial charge in [-0.2, -0.15) is 5.10 Å². The minimum absolute atomic E-state index is 0.104. The lowest BCUT2D eigenvalue weighted by Crippen LogP contribution is -2.29. The smallest absolute Gasteiger partial charge is 0.253 e. The molecule has 5 rings (SSSR count). The molecule has 1 aliphatic heterocycles. The van der Waals surface area contributed by atoms with Gasteiger partial charge >= 0.3 is 0 Å². The molecule has 1 aliphatic rings. The van der Waals surface area contributed by atoms with Crippen molar-refractivity contribution >= 4 is 23.3 Å². The lowest BCUT2D eigenvalue weighted by Gasteiger charge is -2.25. The first-order valence-electron chi connectivity index (χ1n) is 12.8. The predicted molar refractivity (Wildman–Crippen MR) is 142 cm³/mol. The molecule has 0 bridgehead atoms. The number of imidazole rings is 1. The first-order valence-corrected chi connectivity index (χ1v) is 12.8. The molecule has 12 heteroatoms. The Morgan fingerprint density at radius 3 is 2.73 bits per heavy atom. The fourth-order valence-corrected chi connectivity index (χ4v) is 4.60. The third kappa shape index (κ3) is 5.91. The zero-order valence-corrected chi connectivity index (χ0v) is 22.3. The summed E-state index contributed by atoms with van der Waals surface area (Å²) in [4.78, 5) is 33.4. The van der Waals surface area contributed by atoms with E-state index < -0.39 is 17.5 Å². The number of nitrogens with zero attached hydrogens (tertiary/aromatic N) is 4. The van der Waals surface area contributed by atoms with Crippen molar-refractivity contribution < 1.29 is 27.8 Å². The fraction of sp³-hybridized carbons (Fsp3) is 0.321. The van der Waals surface area contributed by atoms with Crippen molar-refractivity contribution in [1.82, 2.24) is 24.9 Å². The second-order valence-corrected chi connectivity index (χ2v) is 9.60. The van der Waals surface area contributed by atoms with Crippen LogP contribution in [0.25, 0.3) is 16.9 Å². The molecule has 10 nitrogen and oxygen atoms in total. The molecule has 1 aromatic carbocycles. The molecule has 208 valence electrons. The number of halogens is 2. The monoisotopic (exact) mass is 550 g/mol. The van der Waals surface area contributed by atoms with E-state index in [1.807, 2.05) is 0 Å². The molecule has 0 radical (unpaired) electrons. The van der Waals surface area contributed by atoms with Crippen molar-refractivity contribution in [3.8, 4) is 17.0 Å². The Labute approximate surface area is 228 Å². The second-order valence-electron chi connectivity index (χ2n) is 9.60. The van der Waals surface area contributed by atoms with Crippen LogP contribution in [-0.2, 0) is 16.1 Å². The van der Waals surface area contributed by atoms with Gasteiger partial charge in [0, 0.05) is 43.0 Å². The van der Waals surface area contributed by atoms with Gasteiger partial charge in [-0.3, -0.25) is 14.6 Å². The van der Waals surface area contributed by atoms with Crippen LogP contribution in [0.15, 0.2) is 36.5 Å². The van der Waals surface area contributed by atoms with Gasteiger partial charge in [-0.25, -0.2) is 18.3 Å². The highest BCUT2D eigenvalue weighted by Crippen LogP contribution is 2.28. The van der Waals surface area contributed by atoms with Gasteiger partial charge in [0.1, 0.15) is 11.9 Å². The normalized spacial score (nSPS) is 15.2. The maximum absolute atomic E-state index is 14.7. The molecule has 1 fully saturated rings. The van der Waals surface area contributed by atoms with Crippen LogP contribution >= 0.6 is 0 Å². The van der Waals surface area contributed by atoms with E-state index in [2.05, 4.69) is 25.7 Å². The molecule has 2 amide bonds. The van der Waals surface area contributed by atoms with Gasteiger partial charge in [0.25, 0.3) is 5.91 Å². The zero-order chi connectivity index (χ0) is 28.4. The summed E-state index contributed by atoms with van der Waals surface area (Å²) in [6.45, 7) is 5.67. The predicted octanol–water partition coefficient (Wildman–Crippen LogP) is 4.13. The number of hydrogen-bond acceptors (Lipinski definition) is 7. The molecular weight excluding hydrogens is 522 g/mol. The molecular formula is C28H28F2N6O4. The van der Waals surface area contributed by atoms with E-state index in [4.69, 9.17) is 9.47 Å². The first kappa shape index (κ1) is 27.1. The highest BCUT2D eigenvalue weighted by molar-refractivity contribution is 5.96. The maximum Gasteiger partial charge on any atom is 0.253 e. The maximum atomic E-state index is 14.7. The van der Waals surface area contributed by atoms with Gasteiger partial charge in [-0.1, -0.05) is 0 Å². The molecule has 0 aliphatic carbocycles. The average Bonchev–Trinajstić information content (AvgIpc) is 3.30. The van der Waals surface area contributed by atoms with Crippen LogP contribution in [0.2, 0.25) is 0 Å². The molecule has 0 saturated carbocycles. The Kier molecular flexibility index (Phi) is 7.69. The third-order valence-electron chi connectivity index (χ3n) is 6.48. The van der Waals surface area contributed by atoms with Crippen molar-refractivity contribution in [3.05, 3.63) is 70.7 Å². The Balaban J connectivity index is 1.38. The quantitative estimate of drug-likeness (QED) is 0.355. The van der Waals surface area contributed by atoms with E-state index in [1.54, 1.807) is 38.2 Å². The molecule has 4 aromatic rings. The summed E-state index contributed by atoms with van der Waals surface area (Å²) in [6.07, 6.45) is 2.69.